The molecule has 88 valence electrons. The number of carbonyl (C=O) groups is 1. The highest BCUT2D eigenvalue weighted by Gasteiger charge is 2.13. The van der Waals surface area contributed by atoms with Crippen LogP contribution in [0.4, 0.5) is 4.39 Å². The Morgan fingerprint density at radius 3 is 2.53 bits per heavy atom. The highest BCUT2D eigenvalue weighted by atomic mass is 19.1. The molecule has 2 aromatic heterocycles. The number of nitrogens with one attached hydrogen (secondary N) is 1. The molecule has 2 heterocycles. The van der Waals surface area contributed by atoms with Gasteiger partial charge in [-0.1, -0.05) is 0 Å². The summed E-state index contributed by atoms with van der Waals surface area (Å²) in [6.45, 7) is 3.71. The van der Waals surface area contributed by atoms with Crippen LogP contribution >= 0.6 is 0 Å². The third kappa shape index (κ3) is 2.18. The van der Waals surface area contributed by atoms with Gasteiger partial charge in [0.25, 0.3) is 5.91 Å². The van der Waals surface area contributed by atoms with Gasteiger partial charge in [-0.05, 0) is 38.1 Å². The van der Waals surface area contributed by atoms with E-state index in [0.29, 0.717) is 0 Å². The minimum absolute atomic E-state index is 0.0694. The van der Waals surface area contributed by atoms with Crippen molar-refractivity contribution in [2.24, 2.45) is 0 Å². The highest BCUT2D eigenvalue weighted by molar-refractivity contribution is 5.99. The predicted molar refractivity (Wildman–Crippen MR) is 61.8 cm³/mol. The number of nitrogens with zero attached hydrogens (tertiary/aromatic N) is 2. The molecule has 0 unspecified atom stereocenters. The summed E-state index contributed by atoms with van der Waals surface area (Å²) in [5.41, 5.74) is 4.29. The molecule has 0 bridgehead atoms. The van der Waals surface area contributed by atoms with Crippen molar-refractivity contribution in [1.29, 1.82) is 0 Å². The Labute approximate surface area is 98.1 Å². The fourth-order valence-electron chi connectivity index (χ4n) is 1.56. The normalized spacial score (nSPS) is 10.3. The first kappa shape index (κ1) is 11.3. The zero-order chi connectivity index (χ0) is 12.4. The molecular weight excluding hydrogens is 221 g/mol. The Morgan fingerprint density at radius 1 is 1.29 bits per heavy atom. The molecule has 0 aromatic carbocycles. The van der Waals surface area contributed by atoms with Gasteiger partial charge >= 0.3 is 0 Å². The number of aromatic nitrogens is 2. The quantitative estimate of drug-likeness (QED) is 0.807. The van der Waals surface area contributed by atoms with Crippen molar-refractivity contribution in [2.45, 2.75) is 13.8 Å². The molecule has 0 aliphatic rings. The first-order valence-corrected chi connectivity index (χ1v) is 5.16. The zero-order valence-electron chi connectivity index (χ0n) is 9.57. The van der Waals surface area contributed by atoms with E-state index in [1.54, 1.807) is 4.68 Å². The fraction of sp³-hybridized carbons (Fsp3) is 0.167. The monoisotopic (exact) mass is 233 g/mol. The SMILES string of the molecule is Cc1ccc(C)n1NC(=O)c1cccnc1F. The van der Waals surface area contributed by atoms with E-state index < -0.39 is 11.9 Å². The second kappa shape index (κ2) is 4.37. The maximum Gasteiger partial charge on any atom is 0.274 e. The number of hydrogen-bond acceptors (Lipinski definition) is 2. The molecule has 0 spiro atoms. The number of halogens is 1. The van der Waals surface area contributed by atoms with Gasteiger partial charge in [0.1, 0.15) is 0 Å². The van der Waals surface area contributed by atoms with Crippen molar-refractivity contribution in [3.05, 3.63) is 53.4 Å². The minimum Gasteiger partial charge on any atom is -0.267 e. The molecule has 0 atom stereocenters. The third-order valence-electron chi connectivity index (χ3n) is 2.49. The van der Waals surface area contributed by atoms with Gasteiger partial charge < -0.3 is 0 Å². The summed E-state index contributed by atoms with van der Waals surface area (Å²) in [5, 5.41) is 0. The van der Waals surface area contributed by atoms with Gasteiger partial charge in [0.05, 0.1) is 5.56 Å². The average molecular weight is 233 g/mol. The highest BCUT2D eigenvalue weighted by Crippen LogP contribution is 2.07. The number of aryl methyl sites for hydroxylation is 2. The molecule has 0 saturated carbocycles. The molecular formula is C12H12FN3O. The number of carbonyl (C=O) groups excluding carboxylic acids is 1. The first-order chi connectivity index (χ1) is 8.09. The van der Waals surface area contributed by atoms with Crippen LogP contribution in [0, 0.1) is 19.8 Å². The summed E-state index contributed by atoms with van der Waals surface area (Å²) >= 11 is 0. The summed E-state index contributed by atoms with van der Waals surface area (Å²) in [6, 6.07) is 6.66. The summed E-state index contributed by atoms with van der Waals surface area (Å²) < 4.78 is 14.9. The Bertz CT molecular complexity index is 543. The molecule has 5 heteroatoms. The lowest BCUT2D eigenvalue weighted by Crippen LogP contribution is -2.25. The van der Waals surface area contributed by atoms with Crippen molar-refractivity contribution in [3.63, 3.8) is 0 Å². The molecule has 2 rings (SSSR count). The van der Waals surface area contributed by atoms with Crippen LogP contribution in [0.25, 0.3) is 0 Å². The first-order valence-electron chi connectivity index (χ1n) is 5.16. The van der Waals surface area contributed by atoms with Gasteiger partial charge in [-0.15, -0.1) is 0 Å². The number of rotatable bonds is 2. The van der Waals surface area contributed by atoms with Crippen LogP contribution in [0.2, 0.25) is 0 Å². The molecule has 17 heavy (non-hydrogen) atoms. The lowest BCUT2D eigenvalue weighted by molar-refractivity contribution is 0.100. The van der Waals surface area contributed by atoms with Crippen molar-refractivity contribution >= 4 is 5.91 Å². The zero-order valence-corrected chi connectivity index (χ0v) is 9.57. The summed E-state index contributed by atoms with van der Waals surface area (Å²) in [4.78, 5) is 15.3. The second-order valence-electron chi connectivity index (χ2n) is 3.73. The molecule has 0 radical (unpaired) electrons. The standard InChI is InChI=1S/C12H12FN3O/c1-8-5-6-9(2)16(8)15-12(17)10-4-3-7-14-11(10)13/h3-7H,1-2H3,(H,15,17). The molecule has 0 aliphatic carbocycles. The van der Waals surface area contributed by atoms with E-state index in [9.17, 15) is 9.18 Å². The van der Waals surface area contributed by atoms with Crippen molar-refractivity contribution in [3.8, 4) is 0 Å². The van der Waals surface area contributed by atoms with E-state index >= 15 is 0 Å². The van der Waals surface area contributed by atoms with Gasteiger partial charge in [0.2, 0.25) is 5.95 Å². The summed E-state index contributed by atoms with van der Waals surface area (Å²) in [6.07, 6.45) is 1.30. The van der Waals surface area contributed by atoms with Crippen LogP contribution in [0.1, 0.15) is 21.7 Å². The van der Waals surface area contributed by atoms with E-state index in [1.807, 2.05) is 26.0 Å². The summed E-state index contributed by atoms with van der Waals surface area (Å²) in [5.74, 6) is -1.29. The number of hydrogen-bond donors (Lipinski definition) is 1. The topological polar surface area (TPSA) is 46.9 Å². The number of pyridine rings is 1. The lowest BCUT2D eigenvalue weighted by Gasteiger charge is -2.11. The predicted octanol–water partition coefficient (Wildman–Crippen LogP) is 2.02. The van der Waals surface area contributed by atoms with E-state index in [-0.39, 0.29) is 5.56 Å². The average Bonchev–Trinajstić information content (AvgIpc) is 2.61. The van der Waals surface area contributed by atoms with Gasteiger partial charge in [0, 0.05) is 17.6 Å². The maximum atomic E-state index is 13.3. The smallest absolute Gasteiger partial charge is 0.267 e. The van der Waals surface area contributed by atoms with Crippen LogP contribution in [-0.4, -0.2) is 15.6 Å². The van der Waals surface area contributed by atoms with E-state index in [4.69, 9.17) is 0 Å². The molecule has 4 nitrogen and oxygen atoms in total. The maximum absolute atomic E-state index is 13.3. The molecule has 2 aromatic rings. The lowest BCUT2D eigenvalue weighted by atomic mass is 10.3. The fourth-order valence-corrected chi connectivity index (χ4v) is 1.56. The van der Waals surface area contributed by atoms with Crippen LogP contribution in [0.5, 0.6) is 0 Å². The molecule has 0 fully saturated rings. The molecule has 1 N–H and O–H groups in total. The third-order valence-corrected chi connectivity index (χ3v) is 2.49. The largest absolute Gasteiger partial charge is 0.274 e. The minimum atomic E-state index is -0.771. The van der Waals surface area contributed by atoms with Gasteiger partial charge in [-0.2, -0.15) is 4.39 Å². The Kier molecular flexibility index (Phi) is 2.91. The molecule has 0 aliphatic heterocycles. The Hall–Kier alpha value is -2.17. The van der Waals surface area contributed by atoms with Crippen LogP contribution in [0.3, 0.4) is 0 Å². The number of amides is 1. The second-order valence-corrected chi connectivity index (χ2v) is 3.73. The Morgan fingerprint density at radius 2 is 1.94 bits per heavy atom. The molecule has 0 saturated heterocycles. The van der Waals surface area contributed by atoms with Crippen LogP contribution in [-0.2, 0) is 0 Å². The molecule has 1 amide bonds. The van der Waals surface area contributed by atoms with E-state index in [2.05, 4.69) is 10.4 Å². The van der Waals surface area contributed by atoms with Gasteiger partial charge in [0.15, 0.2) is 0 Å². The van der Waals surface area contributed by atoms with E-state index in [1.165, 1.54) is 18.3 Å². The van der Waals surface area contributed by atoms with Crippen LogP contribution in [0.15, 0.2) is 30.5 Å². The van der Waals surface area contributed by atoms with Crippen molar-refractivity contribution in [2.75, 3.05) is 5.43 Å². The van der Waals surface area contributed by atoms with Crippen LogP contribution < -0.4 is 5.43 Å². The Balaban J connectivity index is 2.27. The van der Waals surface area contributed by atoms with Gasteiger partial charge in [-0.25, -0.2) is 4.98 Å². The van der Waals surface area contributed by atoms with Crippen molar-refractivity contribution < 1.29 is 9.18 Å². The summed E-state index contributed by atoms with van der Waals surface area (Å²) in [7, 11) is 0. The van der Waals surface area contributed by atoms with Gasteiger partial charge in [-0.3, -0.25) is 14.9 Å². The van der Waals surface area contributed by atoms with E-state index in [0.717, 1.165) is 11.4 Å². The van der Waals surface area contributed by atoms with Crippen molar-refractivity contribution in [1.82, 2.24) is 9.66 Å².